The Morgan fingerprint density at radius 2 is 1.90 bits per heavy atom. The summed E-state index contributed by atoms with van der Waals surface area (Å²) in [4.78, 5) is 14.3. The predicted octanol–water partition coefficient (Wildman–Crippen LogP) is 3.06. The van der Waals surface area contributed by atoms with E-state index in [1.54, 1.807) is 0 Å². The first kappa shape index (κ1) is 14.6. The summed E-state index contributed by atoms with van der Waals surface area (Å²) in [7, 11) is 0. The summed E-state index contributed by atoms with van der Waals surface area (Å²) in [6, 6.07) is 8.75. The quantitative estimate of drug-likeness (QED) is 0.926. The third-order valence-corrected chi connectivity index (χ3v) is 4.87. The van der Waals surface area contributed by atoms with Crippen molar-refractivity contribution in [3.05, 3.63) is 35.4 Å². The van der Waals surface area contributed by atoms with Gasteiger partial charge >= 0.3 is 0 Å². The van der Waals surface area contributed by atoms with Crippen LogP contribution >= 0.6 is 0 Å². The largest absolute Gasteiger partial charge is 0.338 e. The van der Waals surface area contributed by atoms with Gasteiger partial charge in [-0.05, 0) is 55.8 Å². The third kappa shape index (κ3) is 3.65. The van der Waals surface area contributed by atoms with E-state index in [-0.39, 0.29) is 0 Å². The number of likely N-dealkylation sites (tertiary alicyclic amines) is 1. The van der Waals surface area contributed by atoms with E-state index in [1.807, 2.05) is 0 Å². The Balaban J connectivity index is 1.76. The average molecular weight is 286 g/mol. The van der Waals surface area contributed by atoms with Crippen LogP contribution in [0.25, 0.3) is 0 Å². The molecule has 0 aliphatic carbocycles. The Hall–Kier alpha value is -1.35. The Labute approximate surface area is 127 Å². The minimum Gasteiger partial charge on any atom is -0.338 e. The third-order valence-electron chi connectivity index (χ3n) is 4.87. The summed E-state index contributed by atoms with van der Waals surface area (Å²) >= 11 is 0. The molecule has 1 amide bonds. The Morgan fingerprint density at radius 3 is 2.76 bits per heavy atom. The number of hydrogen-bond acceptors (Lipinski definition) is 2. The van der Waals surface area contributed by atoms with Crippen LogP contribution in [-0.4, -0.2) is 30.4 Å². The smallest absolute Gasteiger partial charge is 0.222 e. The highest BCUT2D eigenvalue weighted by atomic mass is 16.2. The predicted molar refractivity (Wildman–Crippen MR) is 85.2 cm³/mol. The molecule has 0 aromatic heterocycles. The van der Waals surface area contributed by atoms with Crippen molar-refractivity contribution in [3.8, 4) is 0 Å². The maximum atomic E-state index is 12.2. The van der Waals surface area contributed by atoms with E-state index in [1.165, 1.54) is 30.4 Å². The van der Waals surface area contributed by atoms with E-state index in [2.05, 4.69) is 34.5 Å². The molecule has 0 saturated carbocycles. The zero-order valence-corrected chi connectivity index (χ0v) is 12.8. The first-order valence-corrected chi connectivity index (χ1v) is 8.41. The lowest BCUT2D eigenvalue weighted by molar-refractivity contribution is -0.131. The molecule has 114 valence electrons. The lowest BCUT2D eigenvalue weighted by atomic mass is 9.87. The van der Waals surface area contributed by atoms with Crippen molar-refractivity contribution in [2.24, 2.45) is 0 Å². The molecule has 0 unspecified atom stereocenters. The van der Waals surface area contributed by atoms with Gasteiger partial charge in [-0.25, -0.2) is 0 Å². The summed E-state index contributed by atoms with van der Waals surface area (Å²) < 4.78 is 0. The van der Waals surface area contributed by atoms with Gasteiger partial charge in [0.15, 0.2) is 0 Å². The van der Waals surface area contributed by atoms with Gasteiger partial charge in [-0.3, -0.25) is 4.79 Å². The number of carbonyl (C=O) groups is 1. The van der Waals surface area contributed by atoms with Crippen molar-refractivity contribution in [2.45, 2.75) is 51.0 Å². The summed E-state index contributed by atoms with van der Waals surface area (Å²) in [5, 5.41) is 3.44. The molecule has 2 fully saturated rings. The highest BCUT2D eigenvalue weighted by Crippen LogP contribution is 2.29. The van der Waals surface area contributed by atoms with E-state index in [9.17, 15) is 4.79 Å². The molecule has 1 aromatic rings. The Morgan fingerprint density at radius 1 is 1.10 bits per heavy atom. The highest BCUT2D eigenvalue weighted by Gasteiger charge is 2.21. The molecular weight excluding hydrogens is 260 g/mol. The fourth-order valence-corrected chi connectivity index (χ4v) is 3.62. The fourth-order valence-electron chi connectivity index (χ4n) is 3.62. The van der Waals surface area contributed by atoms with E-state index >= 15 is 0 Å². The monoisotopic (exact) mass is 286 g/mol. The molecular formula is C18H26N2O. The van der Waals surface area contributed by atoms with Crippen LogP contribution in [0.1, 0.15) is 55.6 Å². The maximum absolute atomic E-state index is 12.2. The molecule has 2 saturated heterocycles. The van der Waals surface area contributed by atoms with Crippen LogP contribution in [0, 0.1) is 0 Å². The molecule has 0 spiro atoms. The van der Waals surface area contributed by atoms with Gasteiger partial charge in [0.1, 0.15) is 0 Å². The van der Waals surface area contributed by atoms with Crippen molar-refractivity contribution >= 4 is 5.91 Å². The topological polar surface area (TPSA) is 32.3 Å². The Kier molecular flexibility index (Phi) is 4.91. The van der Waals surface area contributed by atoms with Crippen molar-refractivity contribution in [1.82, 2.24) is 10.2 Å². The first-order valence-electron chi connectivity index (χ1n) is 8.41. The second-order valence-corrected chi connectivity index (χ2v) is 6.35. The number of nitrogens with zero attached hydrogens (tertiary/aromatic N) is 1. The number of hydrogen-bond donors (Lipinski definition) is 1. The normalized spacial score (nSPS) is 21.3. The molecule has 1 N–H and O–H groups in total. The van der Waals surface area contributed by atoms with Crippen molar-refractivity contribution in [3.63, 3.8) is 0 Å². The molecule has 0 bridgehead atoms. The van der Waals surface area contributed by atoms with Gasteiger partial charge in [-0.1, -0.05) is 30.7 Å². The number of rotatable bonds is 3. The van der Waals surface area contributed by atoms with Crippen LogP contribution in [-0.2, 0) is 11.3 Å². The van der Waals surface area contributed by atoms with Crippen LogP contribution in [0.2, 0.25) is 0 Å². The number of nitrogens with one attached hydrogen (secondary N) is 1. The summed E-state index contributed by atoms with van der Waals surface area (Å²) in [6.07, 6.45) is 6.57. The minimum atomic E-state index is 0.340. The molecule has 3 nitrogen and oxygen atoms in total. The highest BCUT2D eigenvalue weighted by molar-refractivity contribution is 5.76. The number of benzene rings is 1. The fraction of sp³-hybridized carbons (Fsp3) is 0.611. The van der Waals surface area contributed by atoms with Gasteiger partial charge in [0.05, 0.1) is 0 Å². The summed E-state index contributed by atoms with van der Waals surface area (Å²) in [6.45, 7) is 3.96. The minimum absolute atomic E-state index is 0.340. The van der Waals surface area contributed by atoms with Gasteiger partial charge in [0, 0.05) is 19.5 Å². The van der Waals surface area contributed by atoms with Crippen LogP contribution < -0.4 is 5.32 Å². The van der Waals surface area contributed by atoms with E-state index in [0.717, 1.165) is 45.4 Å². The molecule has 3 heteroatoms. The van der Waals surface area contributed by atoms with E-state index < -0.39 is 0 Å². The van der Waals surface area contributed by atoms with Crippen LogP contribution in [0.15, 0.2) is 24.3 Å². The Bertz CT molecular complexity index is 480. The van der Waals surface area contributed by atoms with Crippen LogP contribution in [0.3, 0.4) is 0 Å². The van der Waals surface area contributed by atoms with Gasteiger partial charge in [0.25, 0.3) is 0 Å². The zero-order chi connectivity index (χ0) is 14.5. The van der Waals surface area contributed by atoms with Crippen molar-refractivity contribution in [1.29, 1.82) is 0 Å². The second kappa shape index (κ2) is 7.08. The molecule has 0 atom stereocenters. The average Bonchev–Trinajstić information content (AvgIpc) is 2.74. The van der Waals surface area contributed by atoms with Gasteiger partial charge in [0.2, 0.25) is 5.91 Å². The van der Waals surface area contributed by atoms with Gasteiger partial charge < -0.3 is 10.2 Å². The molecule has 0 radical (unpaired) electrons. The molecule has 2 aliphatic rings. The zero-order valence-electron chi connectivity index (χ0n) is 12.8. The van der Waals surface area contributed by atoms with E-state index in [4.69, 9.17) is 0 Å². The van der Waals surface area contributed by atoms with Crippen molar-refractivity contribution < 1.29 is 4.79 Å². The number of amides is 1. The number of piperidine rings is 1. The second-order valence-electron chi connectivity index (χ2n) is 6.35. The van der Waals surface area contributed by atoms with Gasteiger partial charge in [-0.15, -0.1) is 0 Å². The maximum Gasteiger partial charge on any atom is 0.222 e. The molecule has 21 heavy (non-hydrogen) atoms. The molecule has 2 heterocycles. The summed E-state index contributed by atoms with van der Waals surface area (Å²) in [5.74, 6) is 0.997. The lowest BCUT2D eigenvalue weighted by Crippen LogP contribution is -2.31. The SMILES string of the molecule is O=C1CCCCCN1Cc1ccccc1C1CCNCC1. The molecule has 2 aliphatic heterocycles. The number of carbonyl (C=O) groups excluding carboxylic acids is 1. The van der Waals surface area contributed by atoms with Crippen LogP contribution in [0.4, 0.5) is 0 Å². The van der Waals surface area contributed by atoms with Gasteiger partial charge in [-0.2, -0.15) is 0 Å². The lowest BCUT2D eigenvalue weighted by Gasteiger charge is -2.27. The molecule has 1 aromatic carbocycles. The standard InChI is InChI=1S/C18H26N2O/c21-18-8-2-1-5-13-20(18)14-16-6-3-4-7-17(16)15-9-11-19-12-10-15/h3-4,6-7,15,19H,1-2,5,8-14H2. The first-order chi connectivity index (χ1) is 10.3. The van der Waals surface area contributed by atoms with Crippen LogP contribution in [0.5, 0.6) is 0 Å². The summed E-state index contributed by atoms with van der Waals surface area (Å²) in [5.41, 5.74) is 2.83. The van der Waals surface area contributed by atoms with Crippen molar-refractivity contribution in [2.75, 3.05) is 19.6 Å². The molecule has 3 rings (SSSR count). The van der Waals surface area contributed by atoms with E-state index in [0.29, 0.717) is 11.8 Å².